The molecule has 1 saturated heterocycles. The molecule has 0 spiro atoms. The zero-order valence-corrected chi connectivity index (χ0v) is 14.4. The molecule has 1 aromatic rings. The summed E-state index contributed by atoms with van der Waals surface area (Å²) in [4.78, 5) is 2.98. The van der Waals surface area contributed by atoms with Crippen LogP contribution in [0.1, 0.15) is 60.3 Å². The number of thiophene rings is 1. The monoisotopic (exact) mass is 306 g/mol. The molecule has 1 aromatic heterocycles. The summed E-state index contributed by atoms with van der Waals surface area (Å²) < 4.78 is 0. The number of nitrogens with one attached hydrogen (secondary N) is 2. The highest BCUT2D eigenvalue weighted by molar-refractivity contribution is 7.12. The van der Waals surface area contributed by atoms with Crippen LogP contribution in [0.2, 0.25) is 0 Å². The Morgan fingerprint density at radius 2 is 1.95 bits per heavy atom. The third-order valence-corrected chi connectivity index (χ3v) is 6.59. The molecule has 3 rings (SSSR count). The molecular weight excluding hydrogens is 276 g/mol. The first-order valence-electron chi connectivity index (χ1n) is 8.77. The van der Waals surface area contributed by atoms with Gasteiger partial charge >= 0.3 is 0 Å². The van der Waals surface area contributed by atoms with E-state index in [4.69, 9.17) is 0 Å². The van der Waals surface area contributed by atoms with Crippen molar-refractivity contribution in [2.75, 3.05) is 6.54 Å². The van der Waals surface area contributed by atoms with Gasteiger partial charge in [0.15, 0.2) is 0 Å². The number of hydrogen-bond donors (Lipinski definition) is 2. The van der Waals surface area contributed by atoms with Crippen molar-refractivity contribution in [3.63, 3.8) is 0 Å². The van der Waals surface area contributed by atoms with Gasteiger partial charge in [-0.2, -0.15) is 0 Å². The van der Waals surface area contributed by atoms with Gasteiger partial charge in [-0.25, -0.2) is 0 Å². The fourth-order valence-corrected chi connectivity index (χ4v) is 5.11. The Balaban J connectivity index is 1.58. The molecule has 2 fully saturated rings. The van der Waals surface area contributed by atoms with Crippen LogP contribution < -0.4 is 10.6 Å². The van der Waals surface area contributed by atoms with E-state index in [0.29, 0.717) is 0 Å². The predicted molar refractivity (Wildman–Crippen MR) is 92.0 cm³/mol. The summed E-state index contributed by atoms with van der Waals surface area (Å²) >= 11 is 1.96. The van der Waals surface area contributed by atoms with E-state index < -0.39 is 0 Å². The summed E-state index contributed by atoms with van der Waals surface area (Å²) in [6.45, 7) is 6.76. The van der Waals surface area contributed by atoms with E-state index in [1.165, 1.54) is 66.8 Å². The second kappa shape index (κ2) is 7.26. The second-order valence-corrected chi connectivity index (χ2v) is 8.28. The standard InChI is InChI=1S/C18H30N2S/c1-13-11-15(21-14(13)2)12-20-18-8-4-3-7-16(18)17-9-5-6-10-19-17/h11,16-20H,3-10,12H2,1-2H3. The smallest absolute Gasteiger partial charge is 0.0302 e. The first-order valence-corrected chi connectivity index (χ1v) is 9.58. The molecule has 21 heavy (non-hydrogen) atoms. The van der Waals surface area contributed by atoms with Gasteiger partial charge in [0.1, 0.15) is 0 Å². The summed E-state index contributed by atoms with van der Waals surface area (Å²) in [6, 6.07) is 3.85. The molecule has 1 aliphatic heterocycles. The third-order valence-electron chi connectivity index (χ3n) is 5.44. The van der Waals surface area contributed by atoms with Gasteiger partial charge in [-0.3, -0.25) is 0 Å². The van der Waals surface area contributed by atoms with Crippen LogP contribution >= 0.6 is 11.3 Å². The average Bonchev–Trinajstić information content (AvgIpc) is 2.85. The van der Waals surface area contributed by atoms with Crippen LogP contribution in [0, 0.1) is 19.8 Å². The first kappa shape index (κ1) is 15.5. The lowest BCUT2D eigenvalue weighted by Crippen LogP contribution is -2.50. The van der Waals surface area contributed by atoms with Crippen LogP contribution in [0.25, 0.3) is 0 Å². The topological polar surface area (TPSA) is 24.1 Å². The molecule has 3 unspecified atom stereocenters. The van der Waals surface area contributed by atoms with Crippen LogP contribution in [0.3, 0.4) is 0 Å². The van der Waals surface area contributed by atoms with Crippen molar-refractivity contribution in [2.24, 2.45) is 5.92 Å². The van der Waals surface area contributed by atoms with E-state index in [0.717, 1.165) is 24.5 Å². The highest BCUT2D eigenvalue weighted by Gasteiger charge is 2.32. The minimum Gasteiger partial charge on any atom is -0.314 e. The molecule has 1 aliphatic carbocycles. The molecular formula is C18H30N2S. The van der Waals surface area contributed by atoms with E-state index >= 15 is 0 Å². The largest absolute Gasteiger partial charge is 0.314 e. The number of aryl methyl sites for hydroxylation is 2. The minimum absolute atomic E-state index is 0.720. The molecule has 118 valence electrons. The molecule has 0 bridgehead atoms. The van der Waals surface area contributed by atoms with Gasteiger partial charge in [0.2, 0.25) is 0 Å². The second-order valence-electron chi connectivity index (χ2n) is 6.94. The Bertz CT molecular complexity index is 429. The van der Waals surface area contributed by atoms with Crippen molar-refractivity contribution in [2.45, 2.75) is 77.4 Å². The lowest BCUT2D eigenvalue weighted by atomic mass is 9.77. The molecule has 3 atom stereocenters. The van der Waals surface area contributed by atoms with Gasteiger partial charge in [0, 0.05) is 28.4 Å². The fourth-order valence-electron chi connectivity index (χ4n) is 4.11. The summed E-state index contributed by atoms with van der Waals surface area (Å²) in [6.07, 6.45) is 9.80. The van der Waals surface area contributed by atoms with Crippen LogP contribution in [0.4, 0.5) is 0 Å². The Kier molecular flexibility index (Phi) is 5.36. The van der Waals surface area contributed by atoms with Crippen LogP contribution in [0.15, 0.2) is 6.07 Å². The molecule has 2 heterocycles. The average molecular weight is 307 g/mol. The fraction of sp³-hybridized carbons (Fsp3) is 0.778. The highest BCUT2D eigenvalue weighted by Crippen LogP contribution is 2.31. The van der Waals surface area contributed by atoms with Crippen molar-refractivity contribution in [3.8, 4) is 0 Å². The molecule has 2 aliphatic rings. The SMILES string of the molecule is Cc1cc(CNC2CCCCC2C2CCCCN2)sc1C. The molecule has 1 saturated carbocycles. The van der Waals surface area contributed by atoms with Gasteiger partial charge in [-0.05, 0) is 63.6 Å². The lowest BCUT2D eigenvalue weighted by Gasteiger charge is -2.40. The van der Waals surface area contributed by atoms with E-state index in [2.05, 4.69) is 30.5 Å². The number of rotatable bonds is 4. The van der Waals surface area contributed by atoms with Gasteiger partial charge < -0.3 is 10.6 Å². The maximum atomic E-state index is 3.90. The zero-order chi connectivity index (χ0) is 14.7. The summed E-state index contributed by atoms with van der Waals surface area (Å²) in [7, 11) is 0. The third kappa shape index (κ3) is 3.88. The van der Waals surface area contributed by atoms with Gasteiger partial charge in [0.05, 0.1) is 0 Å². The number of hydrogen-bond acceptors (Lipinski definition) is 3. The molecule has 0 aromatic carbocycles. The van der Waals surface area contributed by atoms with Crippen LogP contribution in [-0.2, 0) is 6.54 Å². The number of piperidine rings is 1. The molecule has 2 N–H and O–H groups in total. The molecule has 2 nitrogen and oxygen atoms in total. The Morgan fingerprint density at radius 1 is 1.14 bits per heavy atom. The van der Waals surface area contributed by atoms with Crippen molar-refractivity contribution in [1.82, 2.24) is 10.6 Å². The maximum Gasteiger partial charge on any atom is 0.0302 e. The predicted octanol–water partition coefficient (Wildman–Crippen LogP) is 4.16. The quantitative estimate of drug-likeness (QED) is 0.873. The summed E-state index contributed by atoms with van der Waals surface area (Å²) in [5, 5.41) is 7.69. The van der Waals surface area contributed by atoms with Crippen molar-refractivity contribution < 1.29 is 0 Å². The normalized spacial score (nSPS) is 30.5. The maximum absolute atomic E-state index is 3.90. The Labute approximate surface area is 133 Å². The minimum atomic E-state index is 0.720. The zero-order valence-electron chi connectivity index (χ0n) is 13.6. The summed E-state index contributed by atoms with van der Waals surface area (Å²) in [5.74, 6) is 0.848. The van der Waals surface area contributed by atoms with Crippen molar-refractivity contribution in [1.29, 1.82) is 0 Å². The van der Waals surface area contributed by atoms with E-state index in [9.17, 15) is 0 Å². The van der Waals surface area contributed by atoms with Crippen LogP contribution in [0.5, 0.6) is 0 Å². The van der Waals surface area contributed by atoms with Gasteiger partial charge in [0.25, 0.3) is 0 Å². The van der Waals surface area contributed by atoms with Gasteiger partial charge in [-0.15, -0.1) is 11.3 Å². The molecule has 3 heteroatoms. The van der Waals surface area contributed by atoms with Crippen molar-refractivity contribution in [3.05, 3.63) is 21.4 Å². The van der Waals surface area contributed by atoms with E-state index in [1.54, 1.807) is 0 Å². The van der Waals surface area contributed by atoms with Gasteiger partial charge in [-0.1, -0.05) is 19.3 Å². The van der Waals surface area contributed by atoms with E-state index in [1.807, 2.05) is 11.3 Å². The highest BCUT2D eigenvalue weighted by atomic mass is 32.1. The molecule has 0 radical (unpaired) electrons. The Morgan fingerprint density at radius 3 is 2.67 bits per heavy atom. The first-order chi connectivity index (χ1) is 10.2. The van der Waals surface area contributed by atoms with Crippen molar-refractivity contribution >= 4 is 11.3 Å². The summed E-state index contributed by atoms with van der Waals surface area (Å²) in [5.41, 5.74) is 1.45. The van der Waals surface area contributed by atoms with E-state index in [-0.39, 0.29) is 0 Å². The Hall–Kier alpha value is -0.380. The lowest BCUT2D eigenvalue weighted by molar-refractivity contribution is 0.181. The van der Waals surface area contributed by atoms with Crippen LogP contribution in [-0.4, -0.2) is 18.6 Å². The molecule has 0 amide bonds.